The number of hydrogen-bond acceptors (Lipinski definition) is 4. The zero-order valence-electron chi connectivity index (χ0n) is 11.2. The quantitative estimate of drug-likeness (QED) is 0.690. The lowest BCUT2D eigenvalue weighted by Gasteiger charge is -2.10. The number of aryl methyl sites for hydroxylation is 1. The van der Waals surface area contributed by atoms with Gasteiger partial charge in [-0.3, -0.25) is 0 Å². The largest absolute Gasteiger partial charge is 0.399 e. The molecule has 5 heteroatoms. The molecule has 2 rings (SSSR count). The predicted octanol–water partition coefficient (Wildman–Crippen LogP) is 1.52. The normalized spacial score (nSPS) is 13.0. The Labute approximate surface area is 112 Å². The van der Waals surface area contributed by atoms with Gasteiger partial charge in [0.15, 0.2) is 0 Å². The van der Waals surface area contributed by atoms with Crippen molar-refractivity contribution in [3.8, 4) is 0 Å². The number of nitrogens with zero attached hydrogens (tertiary/aromatic N) is 2. The second-order valence-corrected chi connectivity index (χ2v) is 5.02. The number of nitrogen functional groups attached to an aromatic ring is 1. The van der Waals surface area contributed by atoms with Crippen molar-refractivity contribution in [2.75, 3.05) is 12.3 Å². The highest BCUT2D eigenvalue weighted by Crippen LogP contribution is 2.20. The van der Waals surface area contributed by atoms with Crippen LogP contribution in [-0.2, 0) is 13.2 Å². The summed E-state index contributed by atoms with van der Waals surface area (Å²) < 4.78 is 2.03. The molecule has 104 valence electrons. The fraction of sp³-hybridized carbons (Fsp3) is 0.500. The van der Waals surface area contributed by atoms with Gasteiger partial charge in [0.05, 0.1) is 11.0 Å². The summed E-state index contributed by atoms with van der Waals surface area (Å²) in [6.07, 6.45) is 1.90. The molecule has 0 bridgehead atoms. The Morgan fingerprint density at radius 1 is 1.37 bits per heavy atom. The molecule has 0 radical (unpaired) electrons. The van der Waals surface area contributed by atoms with Gasteiger partial charge < -0.3 is 20.5 Å². The average Bonchev–Trinajstić information content (AvgIpc) is 2.75. The van der Waals surface area contributed by atoms with Gasteiger partial charge in [0.1, 0.15) is 12.4 Å². The SMILES string of the molecule is CC(CO)CCCn1c(CO)nc2cc(N)ccc21. The van der Waals surface area contributed by atoms with E-state index in [1.165, 1.54) is 0 Å². The summed E-state index contributed by atoms with van der Waals surface area (Å²) in [4.78, 5) is 4.39. The molecule has 1 aromatic heterocycles. The molecule has 1 heterocycles. The fourth-order valence-corrected chi connectivity index (χ4v) is 2.26. The number of benzene rings is 1. The second kappa shape index (κ2) is 6.04. The van der Waals surface area contributed by atoms with E-state index in [-0.39, 0.29) is 13.2 Å². The van der Waals surface area contributed by atoms with Crippen molar-refractivity contribution in [3.63, 3.8) is 0 Å². The van der Waals surface area contributed by atoms with E-state index in [4.69, 9.17) is 10.8 Å². The van der Waals surface area contributed by atoms with Crippen LogP contribution in [0.2, 0.25) is 0 Å². The van der Waals surface area contributed by atoms with E-state index in [9.17, 15) is 5.11 Å². The zero-order valence-corrected chi connectivity index (χ0v) is 11.2. The standard InChI is InChI=1S/C14H21N3O2/c1-10(8-18)3-2-6-17-13-5-4-11(15)7-12(13)16-14(17)9-19/h4-5,7,10,18-19H,2-3,6,8-9,15H2,1H3. The minimum Gasteiger partial charge on any atom is -0.399 e. The van der Waals surface area contributed by atoms with Crippen molar-refractivity contribution in [2.24, 2.45) is 5.92 Å². The maximum absolute atomic E-state index is 9.39. The van der Waals surface area contributed by atoms with Gasteiger partial charge in [-0.1, -0.05) is 6.92 Å². The first kappa shape index (κ1) is 13.8. The lowest BCUT2D eigenvalue weighted by Crippen LogP contribution is -2.07. The molecule has 0 aliphatic carbocycles. The van der Waals surface area contributed by atoms with Gasteiger partial charge in [0.25, 0.3) is 0 Å². The minimum absolute atomic E-state index is 0.0792. The van der Waals surface area contributed by atoms with Crippen LogP contribution in [0, 0.1) is 5.92 Å². The van der Waals surface area contributed by atoms with E-state index in [2.05, 4.69) is 4.98 Å². The first-order valence-corrected chi connectivity index (χ1v) is 6.62. The molecule has 0 aliphatic heterocycles. The van der Waals surface area contributed by atoms with E-state index in [1.54, 1.807) is 0 Å². The first-order chi connectivity index (χ1) is 9.15. The number of anilines is 1. The number of aliphatic hydroxyl groups is 2. The van der Waals surface area contributed by atoms with Crippen LogP contribution in [-0.4, -0.2) is 26.4 Å². The third-order valence-electron chi connectivity index (χ3n) is 3.38. The predicted molar refractivity (Wildman–Crippen MR) is 75.6 cm³/mol. The van der Waals surface area contributed by atoms with E-state index in [0.29, 0.717) is 17.4 Å². The van der Waals surface area contributed by atoms with Crippen LogP contribution in [0.1, 0.15) is 25.6 Å². The van der Waals surface area contributed by atoms with Crippen LogP contribution in [0.15, 0.2) is 18.2 Å². The Morgan fingerprint density at radius 3 is 2.84 bits per heavy atom. The molecule has 0 saturated heterocycles. The Kier molecular flexibility index (Phi) is 4.39. The molecule has 0 saturated carbocycles. The summed E-state index contributed by atoms with van der Waals surface area (Å²) in [5, 5.41) is 18.4. The maximum Gasteiger partial charge on any atom is 0.135 e. The highest BCUT2D eigenvalue weighted by molar-refractivity contribution is 5.79. The molecule has 5 nitrogen and oxygen atoms in total. The molecule has 0 spiro atoms. The third-order valence-corrected chi connectivity index (χ3v) is 3.38. The van der Waals surface area contributed by atoms with Gasteiger partial charge in [-0.15, -0.1) is 0 Å². The van der Waals surface area contributed by atoms with Crippen molar-refractivity contribution in [3.05, 3.63) is 24.0 Å². The number of aromatic nitrogens is 2. The zero-order chi connectivity index (χ0) is 13.8. The van der Waals surface area contributed by atoms with Crippen LogP contribution in [0.3, 0.4) is 0 Å². The van der Waals surface area contributed by atoms with E-state index < -0.39 is 0 Å². The highest BCUT2D eigenvalue weighted by atomic mass is 16.3. The summed E-state index contributed by atoms with van der Waals surface area (Å²) in [6, 6.07) is 5.60. The molecular weight excluding hydrogens is 242 g/mol. The van der Waals surface area contributed by atoms with Crippen LogP contribution in [0.25, 0.3) is 11.0 Å². The van der Waals surface area contributed by atoms with E-state index in [1.807, 2.05) is 29.7 Å². The molecule has 0 aliphatic rings. The Balaban J connectivity index is 2.20. The van der Waals surface area contributed by atoms with Crippen LogP contribution in [0.5, 0.6) is 0 Å². The topological polar surface area (TPSA) is 84.3 Å². The van der Waals surface area contributed by atoms with Gasteiger partial charge in [-0.2, -0.15) is 0 Å². The summed E-state index contributed by atoms with van der Waals surface area (Å²) in [6.45, 7) is 2.96. The van der Waals surface area contributed by atoms with Crippen molar-refractivity contribution in [1.82, 2.24) is 9.55 Å². The molecule has 2 aromatic rings. The molecule has 1 atom stereocenters. The van der Waals surface area contributed by atoms with E-state index in [0.717, 1.165) is 30.4 Å². The minimum atomic E-state index is -0.0792. The summed E-state index contributed by atoms with van der Waals surface area (Å²) in [7, 11) is 0. The lowest BCUT2D eigenvalue weighted by molar-refractivity contribution is 0.225. The molecule has 0 amide bonds. The van der Waals surface area contributed by atoms with Crippen LogP contribution >= 0.6 is 0 Å². The Hall–Kier alpha value is -1.59. The van der Waals surface area contributed by atoms with Gasteiger partial charge in [0, 0.05) is 18.8 Å². The van der Waals surface area contributed by atoms with Crippen molar-refractivity contribution in [2.45, 2.75) is 32.9 Å². The smallest absolute Gasteiger partial charge is 0.135 e. The maximum atomic E-state index is 9.39. The Bertz CT molecular complexity index is 551. The number of aliphatic hydroxyl groups excluding tert-OH is 2. The number of hydrogen-bond donors (Lipinski definition) is 3. The number of imidazole rings is 1. The molecule has 4 N–H and O–H groups in total. The summed E-state index contributed by atoms with van der Waals surface area (Å²) in [5.74, 6) is 0.972. The average molecular weight is 263 g/mol. The Morgan fingerprint density at radius 2 is 2.16 bits per heavy atom. The van der Waals surface area contributed by atoms with Crippen molar-refractivity contribution in [1.29, 1.82) is 0 Å². The van der Waals surface area contributed by atoms with Gasteiger partial charge in [0.2, 0.25) is 0 Å². The molecule has 0 fully saturated rings. The molecular formula is C14H21N3O2. The number of nitrogens with two attached hydrogens (primary N) is 1. The molecule has 1 unspecified atom stereocenters. The van der Waals surface area contributed by atoms with Crippen LogP contribution < -0.4 is 5.73 Å². The first-order valence-electron chi connectivity index (χ1n) is 6.62. The van der Waals surface area contributed by atoms with Crippen molar-refractivity contribution < 1.29 is 10.2 Å². The fourth-order valence-electron chi connectivity index (χ4n) is 2.26. The number of rotatable bonds is 6. The second-order valence-electron chi connectivity index (χ2n) is 5.02. The summed E-state index contributed by atoms with van der Waals surface area (Å²) in [5.41, 5.74) is 8.23. The van der Waals surface area contributed by atoms with Gasteiger partial charge in [-0.05, 0) is 37.0 Å². The monoisotopic (exact) mass is 263 g/mol. The highest BCUT2D eigenvalue weighted by Gasteiger charge is 2.10. The van der Waals surface area contributed by atoms with Gasteiger partial charge in [-0.25, -0.2) is 4.98 Å². The van der Waals surface area contributed by atoms with E-state index >= 15 is 0 Å². The lowest BCUT2D eigenvalue weighted by atomic mass is 10.1. The third kappa shape index (κ3) is 3.05. The molecule has 19 heavy (non-hydrogen) atoms. The molecule has 1 aromatic carbocycles. The number of fused-ring (bicyclic) bond motifs is 1. The summed E-state index contributed by atoms with van der Waals surface area (Å²) >= 11 is 0. The van der Waals surface area contributed by atoms with Crippen LogP contribution in [0.4, 0.5) is 5.69 Å². The van der Waals surface area contributed by atoms with Crippen molar-refractivity contribution >= 4 is 16.7 Å². The van der Waals surface area contributed by atoms with Gasteiger partial charge >= 0.3 is 0 Å².